The van der Waals surface area contributed by atoms with E-state index in [4.69, 9.17) is 0 Å². The van der Waals surface area contributed by atoms with Gasteiger partial charge in [-0.2, -0.15) is 24.9 Å². The van der Waals surface area contributed by atoms with Gasteiger partial charge in [-0.25, -0.2) is 0 Å². The first-order valence-corrected chi connectivity index (χ1v) is 9.00. The van der Waals surface area contributed by atoms with Gasteiger partial charge in [0.1, 0.15) is 0 Å². The molecule has 2 aliphatic rings. The molecule has 0 aliphatic carbocycles. The Morgan fingerprint density at radius 1 is 1.46 bits per heavy atom. The van der Waals surface area contributed by atoms with Crippen LogP contribution in [0.1, 0.15) is 11.1 Å². The summed E-state index contributed by atoms with van der Waals surface area (Å²) in [6, 6.07) is 3.91. The zero-order chi connectivity index (χ0) is 17.3. The maximum absolute atomic E-state index is 13.0. The van der Waals surface area contributed by atoms with Crippen molar-refractivity contribution in [1.29, 1.82) is 0 Å². The summed E-state index contributed by atoms with van der Waals surface area (Å²) in [5, 5.41) is 2.80. The molecule has 0 saturated carbocycles. The van der Waals surface area contributed by atoms with Crippen LogP contribution in [0.5, 0.6) is 0 Å². The number of carbonyl (C=O) groups excluding carboxylic acids is 1. The molecule has 24 heavy (non-hydrogen) atoms. The monoisotopic (exact) mass is 356 g/mol. The number of nitrogens with one attached hydrogen (secondary N) is 1. The second-order valence-electron chi connectivity index (χ2n) is 6.02. The number of thioether (sulfide) groups is 1. The van der Waals surface area contributed by atoms with Crippen LogP contribution in [0.2, 0.25) is 0 Å². The first-order valence-electron chi connectivity index (χ1n) is 7.85. The Hall–Kier alpha value is -1.63. The SMILES string of the molecule is C=CCNC(=O)C1Cc2cc(C(F)(F)F)ccc2N2CCSCC12. The zero-order valence-electron chi connectivity index (χ0n) is 13.1. The fourth-order valence-electron chi connectivity index (χ4n) is 3.41. The molecule has 3 nitrogen and oxygen atoms in total. The van der Waals surface area contributed by atoms with Crippen LogP contribution in [0.25, 0.3) is 0 Å². The third kappa shape index (κ3) is 3.27. The van der Waals surface area contributed by atoms with E-state index in [0.29, 0.717) is 18.5 Å². The number of alkyl halides is 3. The normalized spacial score (nSPS) is 23.2. The molecule has 1 aromatic carbocycles. The number of nitrogens with zero attached hydrogens (tertiary/aromatic N) is 1. The van der Waals surface area contributed by atoms with Crippen molar-refractivity contribution >= 4 is 23.4 Å². The number of hydrogen-bond donors (Lipinski definition) is 1. The molecule has 1 aromatic rings. The van der Waals surface area contributed by atoms with Crippen LogP contribution in [-0.2, 0) is 17.4 Å². The maximum atomic E-state index is 13.0. The minimum absolute atomic E-state index is 0.0257. The quantitative estimate of drug-likeness (QED) is 0.845. The van der Waals surface area contributed by atoms with E-state index in [0.717, 1.165) is 29.8 Å². The Bertz CT molecular complexity index is 647. The predicted octanol–water partition coefficient (Wildman–Crippen LogP) is 3.10. The Balaban J connectivity index is 1.95. The molecular weight excluding hydrogens is 337 g/mol. The fraction of sp³-hybridized carbons (Fsp3) is 0.471. The van der Waals surface area contributed by atoms with E-state index in [2.05, 4.69) is 16.8 Å². The highest BCUT2D eigenvalue weighted by Crippen LogP contribution is 2.40. The minimum Gasteiger partial charge on any atom is -0.366 e. The molecule has 130 valence electrons. The molecule has 2 atom stereocenters. The molecule has 1 amide bonds. The number of hydrogen-bond acceptors (Lipinski definition) is 3. The summed E-state index contributed by atoms with van der Waals surface area (Å²) >= 11 is 1.79. The van der Waals surface area contributed by atoms with Gasteiger partial charge in [0.2, 0.25) is 5.91 Å². The molecular formula is C17H19F3N2OS. The van der Waals surface area contributed by atoms with Crippen LogP contribution >= 0.6 is 11.8 Å². The number of amides is 1. The molecule has 0 radical (unpaired) electrons. The summed E-state index contributed by atoms with van der Waals surface area (Å²) in [6.45, 7) is 4.69. The molecule has 2 unspecified atom stereocenters. The Morgan fingerprint density at radius 3 is 2.96 bits per heavy atom. The lowest BCUT2D eigenvalue weighted by Gasteiger charge is -2.45. The molecule has 2 heterocycles. The van der Waals surface area contributed by atoms with Crippen molar-refractivity contribution in [2.45, 2.75) is 18.6 Å². The van der Waals surface area contributed by atoms with Crippen molar-refractivity contribution in [2.24, 2.45) is 5.92 Å². The molecule has 3 rings (SSSR count). The third-order valence-electron chi connectivity index (χ3n) is 4.54. The molecule has 1 saturated heterocycles. The number of halogens is 3. The fourth-order valence-corrected chi connectivity index (χ4v) is 4.55. The zero-order valence-corrected chi connectivity index (χ0v) is 13.9. The molecule has 7 heteroatoms. The van der Waals surface area contributed by atoms with Gasteiger partial charge in [-0.05, 0) is 30.2 Å². The smallest absolute Gasteiger partial charge is 0.366 e. The van der Waals surface area contributed by atoms with Gasteiger partial charge in [0.05, 0.1) is 11.5 Å². The molecule has 0 spiro atoms. The van der Waals surface area contributed by atoms with Crippen LogP contribution in [0, 0.1) is 5.92 Å². The summed E-state index contributed by atoms with van der Waals surface area (Å²) in [5.74, 6) is 1.27. The highest BCUT2D eigenvalue weighted by Gasteiger charge is 2.41. The van der Waals surface area contributed by atoms with Crippen molar-refractivity contribution in [3.8, 4) is 0 Å². The summed E-state index contributed by atoms with van der Waals surface area (Å²) in [7, 11) is 0. The van der Waals surface area contributed by atoms with Crippen LogP contribution in [0.15, 0.2) is 30.9 Å². The van der Waals surface area contributed by atoms with Crippen molar-refractivity contribution in [1.82, 2.24) is 5.32 Å². The Morgan fingerprint density at radius 2 is 2.25 bits per heavy atom. The van der Waals surface area contributed by atoms with E-state index >= 15 is 0 Å². The third-order valence-corrected chi connectivity index (χ3v) is 5.59. The molecule has 0 bridgehead atoms. The number of benzene rings is 1. The van der Waals surface area contributed by atoms with Crippen LogP contribution < -0.4 is 10.2 Å². The van der Waals surface area contributed by atoms with Crippen LogP contribution in [0.3, 0.4) is 0 Å². The van der Waals surface area contributed by atoms with Gasteiger partial charge in [-0.3, -0.25) is 4.79 Å². The Kier molecular flexibility index (Phi) is 4.80. The first-order chi connectivity index (χ1) is 11.4. The topological polar surface area (TPSA) is 32.3 Å². The van der Waals surface area contributed by atoms with Gasteiger partial charge in [-0.1, -0.05) is 6.08 Å². The number of anilines is 1. The minimum atomic E-state index is -4.37. The van der Waals surface area contributed by atoms with Crippen molar-refractivity contribution in [2.75, 3.05) is 29.5 Å². The average Bonchev–Trinajstić information content (AvgIpc) is 2.57. The number of carbonyl (C=O) groups is 1. The maximum Gasteiger partial charge on any atom is 0.416 e. The predicted molar refractivity (Wildman–Crippen MR) is 90.3 cm³/mol. The molecule has 0 aromatic heterocycles. The lowest BCUT2D eigenvalue weighted by atomic mass is 9.84. The standard InChI is InChI=1S/C17H19F3N2OS/c1-2-5-21-16(23)13-9-11-8-12(17(18,19)20)3-4-14(11)22-6-7-24-10-15(13)22/h2-4,8,13,15H,1,5-7,9-10H2,(H,21,23). The lowest BCUT2D eigenvalue weighted by Crippen LogP contribution is -2.55. The lowest BCUT2D eigenvalue weighted by molar-refractivity contribution is -0.137. The van der Waals surface area contributed by atoms with E-state index in [1.54, 1.807) is 23.9 Å². The highest BCUT2D eigenvalue weighted by atomic mass is 32.2. The second-order valence-corrected chi connectivity index (χ2v) is 7.17. The van der Waals surface area contributed by atoms with E-state index in [9.17, 15) is 18.0 Å². The van der Waals surface area contributed by atoms with E-state index in [-0.39, 0.29) is 17.9 Å². The highest BCUT2D eigenvalue weighted by molar-refractivity contribution is 7.99. The summed E-state index contributed by atoms with van der Waals surface area (Å²) in [5.41, 5.74) is 0.782. The van der Waals surface area contributed by atoms with E-state index < -0.39 is 11.7 Å². The van der Waals surface area contributed by atoms with Gasteiger partial charge in [-0.15, -0.1) is 6.58 Å². The van der Waals surface area contributed by atoms with Crippen LogP contribution in [-0.4, -0.2) is 36.5 Å². The average molecular weight is 356 g/mol. The van der Waals surface area contributed by atoms with Gasteiger partial charge in [0.15, 0.2) is 0 Å². The molecule has 2 aliphatic heterocycles. The summed E-state index contributed by atoms with van der Waals surface area (Å²) in [4.78, 5) is 14.6. The Labute approximate surface area is 143 Å². The van der Waals surface area contributed by atoms with Crippen molar-refractivity contribution in [3.05, 3.63) is 42.0 Å². The number of rotatable bonds is 3. The van der Waals surface area contributed by atoms with Gasteiger partial charge in [0.25, 0.3) is 0 Å². The van der Waals surface area contributed by atoms with Gasteiger partial charge < -0.3 is 10.2 Å². The number of fused-ring (bicyclic) bond motifs is 3. The van der Waals surface area contributed by atoms with E-state index in [1.807, 2.05) is 0 Å². The summed E-state index contributed by atoms with van der Waals surface area (Å²) in [6.07, 6.45) is -2.43. The van der Waals surface area contributed by atoms with Gasteiger partial charge in [0, 0.05) is 36.3 Å². The van der Waals surface area contributed by atoms with E-state index in [1.165, 1.54) is 6.07 Å². The van der Waals surface area contributed by atoms with Gasteiger partial charge >= 0.3 is 6.18 Å². The largest absolute Gasteiger partial charge is 0.416 e. The second kappa shape index (κ2) is 6.70. The molecule has 1 fully saturated rings. The first kappa shape index (κ1) is 17.2. The van der Waals surface area contributed by atoms with Crippen LogP contribution in [0.4, 0.5) is 18.9 Å². The van der Waals surface area contributed by atoms with Crippen molar-refractivity contribution < 1.29 is 18.0 Å². The summed E-state index contributed by atoms with van der Waals surface area (Å²) < 4.78 is 39.0. The van der Waals surface area contributed by atoms with Crippen molar-refractivity contribution in [3.63, 3.8) is 0 Å². The molecule has 1 N–H and O–H groups in total.